The fourth-order valence-corrected chi connectivity index (χ4v) is 7.58. The number of amides is 4. The largest absolute Gasteiger partial charge is 0.508 e. The van der Waals surface area contributed by atoms with Gasteiger partial charge in [-0.25, -0.2) is 14.9 Å². The van der Waals surface area contributed by atoms with Crippen LogP contribution in [0.1, 0.15) is 98.0 Å². The number of halogens is 1. The van der Waals surface area contributed by atoms with Crippen LogP contribution in [0.3, 0.4) is 0 Å². The topological polar surface area (TPSA) is 224 Å². The minimum Gasteiger partial charge on any atom is -0.508 e. The van der Waals surface area contributed by atoms with Gasteiger partial charge < -0.3 is 35.5 Å². The number of Topliss-reactive ketones (excluding diaryl/α,β-unsaturated/α-hetero) is 1. The molecule has 63 heavy (non-hydrogen) atoms. The van der Waals surface area contributed by atoms with Crippen LogP contribution in [0.15, 0.2) is 66.3 Å². The highest BCUT2D eigenvalue weighted by atomic mass is 19.1. The maximum atomic E-state index is 14.6. The van der Waals surface area contributed by atoms with E-state index in [0.717, 1.165) is 25.0 Å². The number of aromatic hydroxyl groups is 1. The first-order chi connectivity index (χ1) is 29.9. The molecule has 3 aliphatic heterocycles. The van der Waals surface area contributed by atoms with Crippen LogP contribution in [0.25, 0.3) is 0 Å². The Bertz CT molecular complexity index is 1890. The highest BCUT2D eigenvalue weighted by Crippen LogP contribution is 2.28. The molecule has 0 aromatic heterocycles. The molecule has 0 aliphatic carbocycles. The molecule has 3 heterocycles. The molecule has 1 aromatic rings. The predicted molar refractivity (Wildman–Crippen MR) is 230 cm³/mol. The summed E-state index contributed by atoms with van der Waals surface area (Å²) < 4.78 is 20.7. The lowest BCUT2D eigenvalue weighted by Gasteiger charge is -2.37. The number of nitrogens with zero attached hydrogens (tertiary/aromatic N) is 2. The normalized spacial score (nSPS) is 29.2. The van der Waals surface area contributed by atoms with Crippen molar-refractivity contribution in [2.24, 2.45) is 17.8 Å². The van der Waals surface area contributed by atoms with Crippen LogP contribution in [0, 0.1) is 23.6 Å². The summed E-state index contributed by atoms with van der Waals surface area (Å²) in [5.74, 6) is -8.33. The third-order valence-electron chi connectivity index (χ3n) is 11.6. The highest BCUT2D eigenvalue weighted by Gasteiger charge is 2.40. The van der Waals surface area contributed by atoms with E-state index in [2.05, 4.69) is 16.1 Å². The standard InChI is InChI=1S/C46H64FN5O11/c1-27(2)40-44(59)49-41(30(5)32-24-33(47)26-34(54)25-32)45(60)51-21-13-15-36(50-51)46(61)63-38(28(3)14-12-18-39(56)52-22-10-11-23-62-52)17-9-7-8-16-37(55)31(6)42(57)35(43(58)48-40)20-19-29(4)53/h7-9,12,14,16,18,24-27,30-31,35-38,40-42,50,54-55,57H,10-11,13,15,17,19-23H2,1-6H3,(H,48,58)(H,49,59)/b9-7+,16-8+,18-12+,28-14+/t30-,31-,35+,36?,37-,38-,40-,41-,42+/m0/s1. The van der Waals surface area contributed by atoms with E-state index in [4.69, 9.17) is 9.57 Å². The number of allylic oxidation sites excluding steroid dienone is 4. The molecule has 17 heteroatoms. The van der Waals surface area contributed by atoms with Crippen molar-refractivity contribution < 1.29 is 58.1 Å². The van der Waals surface area contributed by atoms with Gasteiger partial charge >= 0.3 is 5.97 Å². The number of ketones is 1. The van der Waals surface area contributed by atoms with Crippen LogP contribution in [-0.4, -0.2) is 117 Å². The van der Waals surface area contributed by atoms with Crippen molar-refractivity contribution in [3.05, 3.63) is 77.7 Å². The Morgan fingerprint density at radius 1 is 0.968 bits per heavy atom. The van der Waals surface area contributed by atoms with Gasteiger partial charge in [-0.1, -0.05) is 64.2 Å². The number of benzene rings is 1. The number of rotatable bonds is 9. The number of nitrogens with one attached hydrogen (secondary N) is 3. The number of aliphatic hydroxyl groups excluding tert-OH is 2. The predicted octanol–water partition coefficient (Wildman–Crippen LogP) is 3.58. The van der Waals surface area contributed by atoms with Gasteiger partial charge in [-0.2, -0.15) is 0 Å². The number of esters is 1. The van der Waals surface area contributed by atoms with Crippen LogP contribution in [0.4, 0.5) is 4.39 Å². The molecule has 1 unspecified atom stereocenters. The molecule has 0 spiro atoms. The number of carbonyl (C=O) groups is 6. The second-order valence-electron chi connectivity index (χ2n) is 17.0. The third-order valence-corrected chi connectivity index (χ3v) is 11.6. The molecular formula is C46H64FN5O11. The van der Waals surface area contributed by atoms with Gasteiger partial charge in [-0.3, -0.25) is 33.8 Å². The van der Waals surface area contributed by atoms with Crippen LogP contribution in [0.2, 0.25) is 0 Å². The van der Waals surface area contributed by atoms with E-state index in [0.29, 0.717) is 31.6 Å². The van der Waals surface area contributed by atoms with E-state index in [1.54, 1.807) is 65.0 Å². The molecule has 1 aromatic carbocycles. The molecule has 0 saturated carbocycles. The Labute approximate surface area is 368 Å². The van der Waals surface area contributed by atoms with Gasteiger partial charge in [0.1, 0.15) is 41.6 Å². The number of hydroxylamine groups is 2. The van der Waals surface area contributed by atoms with Crippen molar-refractivity contribution >= 4 is 35.4 Å². The molecule has 2 bridgehead atoms. The Morgan fingerprint density at radius 3 is 2.37 bits per heavy atom. The molecule has 2 saturated heterocycles. The van der Waals surface area contributed by atoms with Gasteiger partial charge in [0.05, 0.1) is 24.7 Å². The number of phenolic OH excluding ortho intramolecular Hbond substituents is 1. The van der Waals surface area contributed by atoms with Crippen molar-refractivity contribution in [1.82, 2.24) is 26.1 Å². The maximum Gasteiger partial charge on any atom is 0.325 e. The Kier molecular flexibility index (Phi) is 19.2. The monoisotopic (exact) mass is 881 g/mol. The van der Waals surface area contributed by atoms with Crippen molar-refractivity contribution in [2.75, 3.05) is 19.7 Å². The Balaban J connectivity index is 1.74. The fourth-order valence-electron chi connectivity index (χ4n) is 7.58. The van der Waals surface area contributed by atoms with Gasteiger partial charge in [-0.15, -0.1) is 0 Å². The van der Waals surface area contributed by atoms with E-state index in [9.17, 15) is 48.5 Å². The fraction of sp³-hybridized carbons (Fsp3) is 0.565. The number of fused-ring (bicyclic) bond motifs is 2. The molecule has 4 amide bonds. The Morgan fingerprint density at radius 2 is 1.70 bits per heavy atom. The molecule has 6 N–H and O–H groups in total. The number of aliphatic hydroxyl groups is 2. The Hall–Kier alpha value is -5.23. The highest BCUT2D eigenvalue weighted by molar-refractivity contribution is 5.93. The average molecular weight is 882 g/mol. The summed E-state index contributed by atoms with van der Waals surface area (Å²) in [5.41, 5.74) is 3.72. The lowest BCUT2D eigenvalue weighted by atomic mass is 9.84. The molecule has 346 valence electrons. The van der Waals surface area contributed by atoms with E-state index in [-0.39, 0.29) is 43.1 Å². The first-order valence-corrected chi connectivity index (χ1v) is 21.7. The van der Waals surface area contributed by atoms with E-state index in [1.165, 1.54) is 35.2 Å². The van der Waals surface area contributed by atoms with Gasteiger partial charge in [0, 0.05) is 49.9 Å². The smallest absolute Gasteiger partial charge is 0.325 e. The van der Waals surface area contributed by atoms with Crippen LogP contribution < -0.4 is 16.1 Å². The van der Waals surface area contributed by atoms with Crippen LogP contribution in [0.5, 0.6) is 5.75 Å². The first kappa shape index (κ1) is 50.4. The van der Waals surface area contributed by atoms with Gasteiger partial charge in [0.2, 0.25) is 11.8 Å². The van der Waals surface area contributed by atoms with Crippen molar-refractivity contribution in [3.8, 4) is 5.75 Å². The molecule has 3 aliphatic rings. The summed E-state index contributed by atoms with van der Waals surface area (Å²) in [4.78, 5) is 86.8. The summed E-state index contributed by atoms with van der Waals surface area (Å²) in [6, 6.07) is -0.410. The zero-order valence-electron chi connectivity index (χ0n) is 37.0. The summed E-state index contributed by atoms with van der Waals surface area (Å²) in [7, 11) is 0. The zero-order valence-corrected chi connectivity index (χ0v) is 37.0. The summed E-state index contributed by atoms with van der Waals surface area (Å²) in [6.45, 7) is 10.6. The van der Waals surface area contributed by atoms with E-state index < -0.39 is 95.4 Å². The molecule has 4 rings (SSSR count). The lowest BCUT2D eigenvalue weighted by Crippen LogP contribution is -2.63. The van der Waals surface area contributed by atoms with Gasteiger partial charge in [0.25, 0.3) is 11.8 Å². The minimum atomic E-state index is -1.46. The first-order valence-electron chi connectivity index (χ1n) is 21.7. The zero-order chi connectivity index (χ0) is 46.4. The van der Waals surface area contributed by atoms with Crippen LogP contribution >= 0.6 is 0 Å². The van der Waals surface area contributed by atoms with Crippen molar-refractivity contribution in [3.63, 3.8) is 0 Å². The maximum absolute atomic E-state index is 14.6. The second-order valence-corrected chi connectivity index (χ2v) is 17.0. The van der Waals surface area contributed by atoms with Crippen molar-refractivity contribution in [1.29, 1.82) is 0 Å². The van der Waals surface area contributed by atoms with Gasteiger partial charge in [0.15, 0.2) is 0 Å². The average Bonchev–Trinajstić information content (AvgIpc) is 3.25. The number of phenols is 1. The molecule has 2 fully saturated rings. The number of hydrazine groups is 1. The minimum absolute atomic E-state index is 0.0634. The number of ether oxygens (including phenoxy) is 1. The summed E-state index contributed by atoms with van der Waals surface area (Å²) in [6.07, 6.45) is 9.65. The SMILES string of the molecule is CC(=O)CC[C@H]1C(=O)N[C@@H](C(C)C)C(=O)N[C@@H]([C@@H](C)c2cc(O)cc(F)c2)C(=O)N2CCCC(N2)C(=O)O[C@H](/C(C)=C/C=C/C(=O)N2CCCCO2)C/C=C/C=C/[C@H](O)[C@H](C)[C@H]1O. The molecule has 0 radical (unpaired) electrons. The second kappa shape index (κ2) is 24.0. The molecule has 16 nitrogen and oxygen atoms in total. The third kappa shape index (κ3) is 14.7. The van der Waals surface area contributed by atoms with Crippen LogP contribution in [-0.2, 0) is 38.3 Å². The molecule has 9 atom stereocenters. The van der Waals surface area contributed by atoms with Crippen molar-refractivity contribution in [2.45, 2.75) is 129 Å². The number of hydrogen-bond donors (Lipinski definition) is 6. The van der Waals surface area contributed by atoms with E-state index in [1.807, 2.05) is 0 Å². The number of hydrogen-bond acceptors (Lipinski definition) is 12. The quantitative estimate of drug-likeness (QED) is 0.119. The van der Waals surface area contributed by atoms with Gasteiger partial charge in [-0.05, 0) is 75.1 Å². The summed E-state index contributed by atoms with van der Waals surface area (Å²) in [5, 5.41) is 40.8. The number of carbonyl (C=O) groups excluding carboxylic acids is 6. The summed E-state index contributed by atoms with van der Waals surface area (Å²) >= 11 is 0. The lowest BCUT2D eigenvalue weighted by molar-refractivity contribution is -0.191. The number of cyclic esters (lactones) is 1. The van der Waals surface area contributed by atoms with E-state index >= 15 is 0 Å². The molecular weight excluding hydrogens is 818 g/mol.